The smallest absolute Gasteiger partial charge is 0.193 e. The van der Waals surface area contributed by atoms with Gasteiger partial charge >= 0.3 is 0 Å². The summed E-state index contributed by atoms with van der Waals surface area (Å²) in [6.45, 7) is 14.6. The molecule has 0 aromatic heterocycles. The Labute approximate surface area is 88.4 Å². The van der Waals surface area contributed by atoms with Gasteiger partial charge in [-0.1, -0.05) is 26.8 Å². The molecule has 0 bridgehead atoms. The normalized spacial score (nSPS) is 15.8. The van der Waals surface area contributed by atoms with Gasteiger partial charge in [0.05, 0.1) is 12.4 Å². The summed E-state index contributed by atoms with van der Waals surface area (Å²) in [6, 6.07) is 0. The molecule has 0 saturated carbocycles. The van der Waals surface area contributed by atoms with E-state index in [1.807, 2.05) is 0 Å². The van der Waals surface area contributed by atoms with Gasteiger partial charge in [0, 0.05) is 0 Å². The summed E-state index contributed by atoms with van der Waals surface area (Å²) in [7, 11) is -1.76. The molecule has 0 heterocycles. The summed E-state index contributed by atoms with van der Waals surface area (Å²) in [5.74, 6) is 0. The number of hydrogen-bond donors (Lipinski definition) is 1. The predicted molar refractivity (Wildman–Crippen MR) is 64.0 cm³/mol. The van der Waals surface area contributed by atoms with E-state index in [4.69, 9.17) is 9.53 Å². The molecule has 0 saturated heterocycles. The molecule has 0 unspecified atom stereocenters. The van der Waals surface area contributed by atoms with Crippen molar-refractivity contribution in [3.8, 4) is 0 Å². The van der Waals surface area contributed by atoms with E-state index >= 15 is 0 Å². The van der Waals surface area contributed by atoms with Gasteiger partial charge in [0.1, 0.15) is 0 Å². The third kappa shape index (κ3) is 3.68. The molecule has 0 aromatic carbocycles. The van der Waals surface area contributed by atoms with E-state index in [1.165, 1.54) is 0 Å². The molecule has 0 aromatic rings. The van der Waals surface area contributed by atoms with E-state index in [2.05, 4.69) is 40.4 Å². The Hall–Kier alpha value is -0.543. The Morgan fingerprint density at radius 2 is 1.86 bits per heavy atom. The van der Waals surface area contributed by atoms with E-state index in [0.717, 1.165) is 6.26 Å². The molecule has 0 amide bonds. The van der Waals surface area contributed by atoms with E-state index in [9.17, 15) is 0 Å². The molecule has 14 heavy (non-hydrogen) atoms. The molecule has 0 aliphatic rings. The molecule has 1 atom stereocenters. The van der Waals surface area contributed by atoms with Gasteiger partial charge in [-0.15, -0.1) is 6.58 Å². The van der Waals surface area contributed by atoms with Gasteiger partial charge in [0.25, 0.3) is 0 Å². The Morgan fingerprint density at radius 3 is 2.14 bits per heavy atom. The van der Waals surface area contributed by atoms with Crippen LogP contribution in [0.3, 0.4) is 0 Å². The van der Waals surface area contributed by atoms with Crippen molar-refractivity contribution in [2.75, 3.05) is 0 Å². The first-order chi connectivity index (χ1) is 6.24. The summed E-state index contributed by atoms with van der Waals surface area (Å²) in [5.41, 5.74) is 0. The monoisotopic (exact) mass is 214 g/mol. The summed E-state index contributed by atoms with van der Waals surface area (Å²) in [5, 5.41) is 8.85. The van der Waals surface area contributed by atoms with Crippen LogP contribution in [0.4, 0.5) is 0 Å². The predicted octanol–water partition coefficient (Wildman–Crippen LogP) is 3.63. The standard InChI is InChI=1S/C11H22O2Si/c1-7-10(8-9-12)13-14(5,6)11(2,3)4/h7-10,12H,1H2,2-6H3/b9-8+/t10-/m0/s1. The quantitative estimate of drug-likeness (QED) is 0.440. The first kappa shape index (κ1) is 13.5. The van der Waals surface area contributed by atoms with Crippen molar-refractivity contribution < 1.29 is 9.53 Å². The second-order valence-corrected chi connectivity index (χ2v) is 9.68. The third-order valence-electron chi connectivity index (χ3n) is 2.74. The minimum atomic E-state index is -1.76. The van der Waals surface area contributed by atoms with E-state index in [0.29, 0.717) is 0 Å². The highest BCUT2D eigenvalue weighted by molar-refractivity contribution is 6.74. The SMILES string of the molecule is C=C[C@@H](/C=C/O)O[Si](C)(C)C(C)(C)C. The van der Waals surface area contributed by atoms with Crippen LogP contribution in [-0.2, 0) is 4.43 Å². The van der Waals surface area contributed by atoms with Gasteiger partial charge in [0.15, 0.2) is 8.32 Å². The Morgan fingerprint density at radius 1 is 1.36 bits per heavy atom. The fraction of sp³-hybridized carbons (Fsp3) is 0.636. The largest absolute Gasteiger partial charge is 0.516 e. The zero-order valence-electron chi connectivity index (χ0n) is 9.87. The molecule has 0 aliphatic heterocycles. The molecular formula is C11H22O2Si. The lowest BCUT2D eigenvalue weighted by molar-refractivity contribution is 0.264. The summed E-state index contributed by atoms with van der Waals surface area (Å²) in [6.07, 6.45) is 4.14. The summed E-state index contributed by atoms with van der Waals surface area (Å²) in [4.78, 5) is 0. The van der Waals surface area contributed by atoms with E-state index in [-0.39, 0.29) is 11.1 Å². The first-order valence-corrected chi connectivity index (χ1v) is 7.76. The summed E-state index contributed by atoms with van der Waals surface area (Å²) < 4.78 is 5.97. The lowest BCUT2D eigenvalue weighted by Gasteiger charge is -2.37. The van der Waals surface area contributed by atoms with Gasteiger partial charge in [-0.3, -0.25) is 0 Å². The topological polar surface area (TPSA) is 29.5 Å². The summed E-state index contributed by atoms with van der Waals surface area (Å²) >= 11 is 0. The fourth-order valence-electron chi connectivity index (χ4n) is 0.768. The van der Waals surface area contributed by atoms with E-state index < -0.39 is 8.32 Å². The molecule has 82 valence electrons. The maximum Gasteiger partial charge on any atom is 0.193 e. The third-order valence-corrected chi connectivity index (χ3v) is 7.22. The molecule has 1 N–H and O–H groups in total. The minimum absolute atomic E-state index is 0.178. The molecule has 0 radical (unpaired) electrons. The molecule has 2 nitrogen and oxygen atoms in total. The van der Waals surface area contributed by atoms with Crippen molar-refractivity contribution in [1.82, 2.24) is 0 Å². The second kappa shape index (κ2) is 4.80. The van der Waals surface area contributed by atoms with Crippen LogP contribution < -0.4 is 0 Å². The average molecular weight is 214 g/mol. The van der Waals surface area contributed by atoms with Crippen LogP contribution in [0.15, 0.2) is 25.0 Å². The van der Waals surface area contributed by atoms with Crippen LogP contribution in [0.1, 0.15) is 20.8 Å². The van der Waals surface area contributed by atoms with Crippen molar-refractivity contribution in [2.45, 2.75) is 45.0 Å². The zero-order chi connectivity index (χ0) is 11.4. The molecule has 3 heteroatoms. The van der Waals surface area contributed by atoms with Crippen molar-refractivity contribution in [2.24, 2.45) is 0 Å². The molecule has 0 fully saturated rings. The molecule has 0 spiro atoms. The maximum atomic E-state index is 8.67. The van der Waals surface area contributed by atoms with Crippen molar-refractivity contribution in [1.29, 1.82) is 0 Å². The molecular weight excluding hydrogens is 192 g/mol. The van der Waals surface area contributed by atoms with Gasteiger partial charge in [-0.2, -0.15) is 0 Å². The van der Waals surface area contributed by atoms with Crippen LogP contribution in [0.25, 0.3) is 0 Å². The Balaban J connectivity index is 4.55. The number of hydrogen-bond acceptors (Lipinski definition) is 2. The van der Waals surface area contributed by atoms with Crippen molar-refractivity contribution in [3.05, 3.63) is 25.0 Å². The van der Waals surface area contributed by atoms with Crippen molar-refractivity contribution in [3.63, 3.8) is 0 Å². The van der Waals surface area contributed by atoms with Gasteiger partial charge in [-0.05, 0) is 24.2 Å². The van der Waals surface area contributed by atoms with Crippen LogP contribution in [0.2, 0.25) is 18.1 Å². The molecule has 0 rings (SSSR count). The lowest BCUT2D eigenvalue weighted by atomic mass is 10.2. The van der Waals surface area contributed by atoms with Crippen LogP contribution in [0, 0.1) is 0 Å². The first-order valence-electron chi connectivity index (χ1n) is 4.86. The van der Waals surface area contributed by atoms with E-state index in [1.54, 1.807) is 12.2 Å². The average Bonchev–Trinajstić information content (AvgIpc) is 2.01. The Kier molecular flexibility index (Phi) is 4.61. The number of aliphatic hydroxyl groups excluding tert-OH is 1. The zero-order valence-corrected chi connectivity index (χ0v) is 10.9. The fourth-order valence-corrected chi connectivity index (χ4v) is 1.98. The highest BCUT2D eigenvalue weighted by Crippen LogP contribution is 2.37. The minimum Gasteiger partial charge on any atom is -0.516 e. The van der Waals surface area contributed by atoms with Crippen LogP contribution >= 0.6 is 0 Å². The molecule has 0 aliphatic carbocycles. The highest BCUT2D eigenvalue weighted by atomic mass is 28.4. The van der Waals surface area contributed by atoms with Gasteiger partial charge < -0.3 is 9.53 Å². The van der Waals surface area contributed by atoms with Crippen LogP contribution in [-0.4, -0.2) is 19.5 Å². The van der Waals surface area contributed by atoms with Crippen LogP contribution in [0.5, 0.6) is 0 Å². The van der Waals surface area contributed by atoms with Gasteiger partial charge in [0.2, 0.25) is 0 Å². The second-order valence-electron chi connectivity index (χ2n) is 4.92. The maximum absolute atomic E-state index is 8.67. The van der Waals surface area contributed by atoms with Gasteiger partial charge in [-0.25, -0.2) is 0 Å². The number of aliphatic hydroxyl groups is 1. The van der Waals surface area contributed by atoms with Crippen molar-refractivity contribution >= 4 is 8.32 Å². The highest BCUT2D eigenvalue weighted by Gasteiger charge is 2.38. The number of rotatable bonds is 4. The Bertz CT molecular complexity index is 214. The lowest BCUT2D eigenvalue weighted by Crippen LogP contribution is -2.43.